The van der Waals surface area contributed by atoms with Crippen molar-refractivity contribution in [3.05, 3.63) is 0 Å². The van der Waals surface area contributed by atoms with Crippen molar-refractivity contribution in [3.63, 3.8) is 0 Å². The first-order valence-corrected chi connectivity index (χ1v) is 8.14. The number of carbonyl (C=O) groups excluding carboxylic acids is 1. The molecule has 1 heterocycles. The highest BCUT2D eigenvalue weighted by Crippen LogP contribution is 2.30. The first kappa shape index (κ1) is 16.5. The van der Waals surface area contributed by atoms with Gasteiger partial charge >= 0.3 is 0 Å². The molecule has 3 atom stereocenters. The topological polar surface area (TPSA) is 32.3 Å². The molecule has 1 aliphatic heterocycles. The van der Waals surface area contributed by atoms with Crippen LogP contribution >= 0.6 is 0 Å². The van der Waals surface area contributed by atoms with Crippen LogP contribution < -0.4 is 5.32 Å². The van der Waals surface area contributed by atoms with Crippen LogP contribution in [0.15, 0.2) is 0 Å². The van der Waals surface area contributed by atoms with Crippen LogP contribution in [0.25, 0.3) is 0 Å². The number of hydrogen-bond acceptors (Lipinski definition) is 2. The Morgan fingerprint density at radius 2 is 1.89 bits per heavy atom. The summed E-state index contributed by atoms with van der Waals surface area (Å²) in [6.07, 6.45) is 7.94. The summed E-state index contributed by atoms with van der Waals surface area (Å²) in [7, 11) is 0. The number of rotatable bonds is 8. The first-order valence-electron chi connectivity index (χ1n) is 8.14. The average Bonchev–Trinajstić information content (AvgIpc) is 2.68. The molecule has 1 rings (SSSR count). The first-order chi connectivity index (χ1) is 9.03. The van der Waals surface area contributed by atoms with Crippen molar-refractivity contribution in [2.45, 2.75) is 97.3 Å². The van der Waals surface area contributed by atoms with Gasteiger partial charge in [0.2, 0.25) is 5.91 Å². The van der Waals surface area contributed by atoms with Crippen molar-refractivity contribution in [3.8, 4) is 0 Å². The molecule has 0 spiro atoms. The van der Waals surface area contributed by atoms with Gasteiger partial charge in [-0.15, -0.1) is 0 Å². The van der Waals surface area contributed by atoms with Crippen molar-refractivity contribution in [1.29, 1.82) is 0 Å². The zero-order valence-electron chi connectivity index (χ0n) is 13.5. The molecule has 0 radical (unpaired) electrons. The summed E-state index contributed by atoms with van der Waals surface area (Å²) in [5.74, 6) is 0.316. The molecule has 3 heteroatoms. The molecular weight excluding hydrogens is 236 g/mol. The minimum absolute atomic E-state index is 0.228. The van der Waals surface area contributed by atoms with Gasteiger partial charge in [-0.3, -0.25) is 10.1 Å². The maximum Gasteiger partial charge on any atom is 0.244 e. The van der Waals surface area contributed by atoms with E-state index in [1.807, 2.05) is 0 Å². The van der Waals surface area contributed by atoms with E-state index in [2.05, 4.69) is 44.8 Å². The second-order valence-electron chi connectivity index (χ2n) is 6.05. The highest BCUT2D eigenvalue weighted by Gasteiger charge is 2.47. The monoisotopic (exact) mass is 268 g/mol. The average molecular weight is 268 g/mol. The van der Waals surface area contributed by atoms with Gasteiger partial charge in [-0.05, 0) is 32.6 Å². The Balaban J connectivity index is 2.88. The zero-order chi connectivity index (χ0) is 14.5. The Morgan fingerprint density at radius 1 is 1.21 bits per heavy atom. The number of nitrogens with one attached hydrogen (secondary N) is 1. The fourth-order valence-corrected chi connectivity index (χ4v) is 3.09. The lowest BCUT2D eigenvalue weighted by Gasteiger charge is -2.32. The molecule has 0 aromatic rings. The van der Waals surface area contributed by atoms with Gasteiger partial charge in [-0.1, -0.05) is 47.0 Å². The summed E-state index contributed by atoms with van der Waals surface area (Å²) in [6, 6.07) is 0.420. The number of hydrogen-bond donors (Lipinski definition) is 1. The normalized spacial score (nSPS) is 29.0. The predicted octanol–water partition coefficient (Wildman–Crippen LogP) is 3.68. The van der Waals surface area contributed by atoms with Crippen LogP contribution in [0, 0.1) is 0 Å². The summed E-state index contributed by atoms with van der Waals surface area (Å²) in [5, 5.41) is 3.56. The molecule has 0 saturated carbocycles. The van der Waals surface area contributed by atoms with Gasteiger partial charge in [-0.2, -0.15) is 0 Å². The van der Waals surface area contributed by atoms with Crippen molar-refractivity contribution in [1.82, 2.24) is 10.2 Å². The van der Waals surface area contributed by atoms with Gasteiger partial charge in [0, 0.05) is 6.04 Å². The van der Waals surface area contributed by atoms with Crippen LogP contribution in [-0.4, -0.2) is 28.6 Å². The Labute approximate surface area is 119 Å². The quantitative estimate of drug-likeness (QED) is 0.728. The third kappa shape index (κ3) is 3.50. The third-order valence-corrected chi connectivity index (χ3v) is 4.53. The van der Waals surface area contributed by atoms with E-state index in [0.29, 0.717) is 11.9 Å². The molecular formula is C16H32N2O. The molecule has 0 bridgehead atoms. The second-order valence-corrected chi connectivity index (χ2v) is 6.05. The molecule has 1 saturated heterocycles. The van der Waals surface area contributed by atoms with Gasteiger partial charge in [0.05, 0.1) is 11.7 Å². The van der Waals surface area contributed by atoms with Gasteiger partial charge in [-0.25, -0.2) is 0 Å². The Morgan fingerprint density at radius 3 is 2.37 bits per heavy atom. The van der Waals surface area contributed by atoms with E-state index in [1.54, 1.807) is 0 Å². The lowest BCUT2D eigenvalue weighted by molar-refractivity contribution is -0.135. The lowest BCUT2D eigenvalue weighted by Crippen LogP contribution is -2.45. The van der Waals surface area contributed by atoms with Crippen LogP contribution in [0.3, 0.4) is 0 Å². The summed E-state index contributed by atoms with van der Waals surface area (Å²) in [6.45, 7) is 10.8. The summed E-state index contributed by atoms with van der Waals surface area (Å²) in [5.41, 5.74) is -0.348. The molecule has 1 aliphatic rings. The molecule has 0 aliphatic carbocycles. The van der Waals surface area contributed by atoms with Gasteiger partial charge in [0.25, 0.3) is 0 Å². The molecule has 3 nitrogen and oxygen atoms in total. The summed E-state index contributed by atoms with van der Waals surface area (Å²) in [4.78, 5) is 14.9. The van der Waals surface area contributed by atoms with Crippen molar-refractivity contribution < 1.29 is 4.79 Å². The van der Waals surface area contributed by atoms with E-state index >= 15 is 0 Å². The largest absolute Gasteiger partial charge is 0.323 e. The maximum absolute atomic E-state index is 12.8. The number of amides is 1. The fourth-order valence-electron chi connectivity index (χ4n) is 3.09. The second kappa shape index (κ2) is 7.28. The predicted molar refractivity (Wildman–Crippen MR) is 81.0 cm³/mol. The third-order valence-electron chi connectivity index (χ3n) is 4.53. The molecule has 1 amide bonds. The number of nitrogens with zero attached hydrogens (tertiary/aromatic N) is 1. The van der Waals surface area contributed by atoms with Crippen LogP contribution in [0.2, 0.25) is 0 Å². The van der Waals surface area contributed by atoms with E-state index in [9.17, 15) is 4.79 Å². The zero-order valence-corrected chi connectivity index (χ0v) is 13.5. The smallest absolute Gasteiger partial charge is 0.244 e. The molecule has 112 valence electrons. The Bertz CT molecular complexity index is 292. The minimum atomic E-state index is -0.348. The van der Waals surface area contributed by atoms with E-state index < -0.39 is 0 Å². The summed E-state index contributed by atoms with van der Waals surface area (Å²) >= 11 is 0. The van der Waals surface area contributed by atoms with Crippen LogP contribution in [0.4, 0.5) is 0 Å². The van der Waals surface area contributed by atoms with E-state index in [0.717, 1.165) is 32.1 Å². The molecule has 1 N–H and O–H groups in total. The van der Waals surface area contributed by atoms with E-state index in [-0.39, 0.29) is 11.7 Å². The number of unbranched alkanes of at least 4 members (excludes halogenated alkanes) is 1. The summed E-state index contributed by atoms with van der Waals surface area (Å²) < 4.78 is 0. The van der Waals surface area contributed by atoms with Gasteiger partial charge < -0.3 is 4.90 Å². The van der Waals surface area contributed by atoms with Crippen LogP contribution in [0.1, 0.15) is 79.6 Å². The van der Waals surface area contributed by atoms with E-state index in [1.165, 1.54) is 12.8 Å². The molecule has 19 heavy (non-hydrogen) atoms. The van der Waals surface area contributed by atoms with E-state index in [4.69, 9.17) is 0 Å². The standard InChI is InChI=1S/C16H32N2O/c1-6-10-12-13(11-7-2)18-14(8-3)17-16(5,9-4)15(18)19/h13-14,17H,6-12H2,1-5H3. The highest BCUT2D eigenvalue weighted by atomic mass is 16.2. The Hall–Kier alpha value is -0.570. The van der Waals surface area contributed by atoms with Crippen molar-refractivity contribution in [2.24, 2.45) is 0 Å². The molecule has 1 fully saturated rings. The van der Waals surface area contributed by atoms with Crippen LogP contribution in [0.5, 0.6) is 0 Å². The minimum Gasteiger partial charge on any atom is -0.323 e. The number of carbonyl (C=O) groups is 1. The van der Waals surface area contributed by atoms with Gasteiger partial charge in [0.1, 0.15) is 0 Å². The maximum atomic E-state index is 12.8. The molecule has 0 aromatic carbocycles. The Kier molecular flexibility index (Phi) is 6.31. The fraction of sp³-hybridized carbons (Fsp3) is 0.938. The van der Waals surface area contributed by atoms with Crippen molar-refractivity contribution >= 4 is 5.91 Å². The van der Waals surface area contributed by atoms with Crippen molar-refractivity contribution in [2.75, 3.05) is 0 Å². The SMILES string of the molecule is CCCCC(CCC)N1C(=O)C(C)(CC)NC1CC. The molecule has 3 unspecified atom stereocenters. The lowest BCUT2D eigenvalue weighted by atomic mass is 9.97. The molecule has 0 aromatic heterocycles. The highest BCUT2D eigenvalue weighted by molar-refractivity contribution is 5.88. The van der Waals surface area contributed by atoms with Crippen LogP contribution in [-0.2, 0) is 4.79 Å². The van der Waals surface area contributed by atoms with Gasteiger partial charge in [0.15, 0.2) is 0 Å².